The van der Waals surface area contributed by atoms with Crippen molar-refractivity contribution in [3.05, 3.63) is 0 Å². The van der Waals surface area contributed by atoms with Crippen molar-refractivity contribution in [1.29, 1.82) is 0 Å². The summed E-state index contributed by atoms with van der Waals surface area (Å²) >= 11 is 0. The van der Waals surface area contributed by atoms with Gasteiger partial charge in [0.2, 0.25) is 0 Å². The van der Waals surface area contributed by atoms with Gasteiger partial charge in [-0.1, -0.05) is 13.8 Å². The molecule has 0 bridgehead atoms. The predicted molar refractivity (Wildman–Crippen MR) is 75.1 cm³/mol. The van der Waals surface area contributed by atoms with Gasteiger partial charge in [0.25, 0.3) is 0 Å². The lowest BCUT2D eigenvalue weighted by Crippen LogP contribution is -2.41. The maximum absolute atomic E-state index is 11.8. The van der Waals surface area contributed by atoms with Crippen LogP contribution in [0.1, 0.15) is 39.5 Å². The normalized spacial score (nSPS) is 19.5. The Hall–Kier alpha value is -0.810. The number of urea groups is 1. The summed E-state index contributed by atoms with van der Waals surface area (Å²) in [7, 11) is 1.80. The van der Waals surface area contributed by atoms with E-state index >= 15 is 0 Å². The van der Waals surface area contributed by atoms with Crippen molar-refractivity contribution in [2.45, 2.75) is 45.6 Å². The van der Waals surface area contributed by atoms with Crippen LogP contribution in [-0.2, 0) is 4.74 Å². The zero-order valence-electron chi connectivity index (χ0n) is 12.4. The predicted octanol–water partition coefficient (Wildman–Crippen LogP) is 1.61. The van der Waals surface area contributed by atoms with E-state index in [1.54, 1.807) is 11.9 Å². The van der Waals surface area contributed by atoms with Gasteiger partial charge >= 0.3 is 6.03 Å². The molecule has 1 rings (SSSR count). The zero-order chi connectivity index (χ0) is 14.3. The molecule has 0 spiro atoms. The monoisotopic (exact) mass is 272 g/mol. The van der Waals surface area contributed by atoms with Crippen molar-refractivity contribution in [1.82, 2.24) is 10.2 Å². The van der Waals surface area contributed by atoms with E-state index in [0.717, 1.165) is 32.3 Å². The van der Waals surface area contributed by atoms with Crippen molar-refractivity contribution >= 4 is 6.03 Å². The van der Waals surface area contributed by atoms with Crippen LogP contribution in [0.2, 0.25) is 0 Å². The van der Waals surface area contributed by atoms with E-state index in [1.165, 1.54) is 0 Å². The van der Waals surface area contributed by atoms with Crippen LogP contribution < -0.4 is 5.32 Å². The van der Waals surface area contributed by atoms with Gasteiger partial charge in [-0.2, -0.15) is 0 Å². The van der Waals surface area contributed by atoms with Crippen LogP contribution in [0.25, 0.3) is 0 Å². The number of aliphatic hydroxyl groups is 1. The second-order valence-corrected chi connectivity index (χ2v) is 6.17. The third kappa shape index (κ3) is 6.25. The molecule has 1 unspecified atom stereocenters. The van der Waals surface area contributed by atoms with Gasteiger partial charge in [-0.25, -0.2) is 4.79 Å². The Morgan fingerprint density at radius 3 is 2.84 bits per heavy atom. The number of rotatable bonds is 7. The number of ether oxygens (including phenoxy) is 1. The van der Waals surface area contributed by atoms with E-state index < -0.39 is 0 Å². The Kier molecular flexibility index (Phi) is 6.58. The average molecular weight is 272 g/mol. The van der Waals surface area contributed by atoms with Crippen molar-refractivity contribution in [3.8, 4) is 0 Å². The number of nitrogens with zero attached hydrogens (tertiary/aromatic N) is 1. The van der Waals surface area contributed by atoms with Gasteiger partial charge in [-0.3, -0.25) is 0 Å². The van der Waals surface area contributed by atoms with E-state index in [-0.39, 0.29) is 24.2 Å². The zero-order valence-corrected chi connectivity index (χ0v) is 12.4. The number of aliphatic hydroxyl groups excluding tert-OH is 1. The van der Waals surface area contributed by atoms with E-state index in [0.29, 0.717) is 13.1 Å². The van der Waals surface area contributed by atoms with Gasteiger partial charge in [-0.05, 0) is 31.1 Å². The molecule has 2 amide bonds. The number of nitrogens with one attached hydrogen (secondary N) is 1. The smallest absolute Gasteiger partial charge is 0.317 e. The highest BCUT2D eigenvalue weighted by Crippen LogP contribution is 2.20. The minimum atomic E-state index is -0.0612. The number of carbonyl (C=O) groups excluding carboxylic acids is 1. The van der Waals surface area contributed by atoms with Gasteiger partial charge in [0.15, 0.2) is 0 Å². The second-order valence-electron chi connectivity index (χ2n) is 6.17. The molecule has 5 heteroatoms. The lowest BCUT2D eigenvalue weighted by molar-refractivity contribution is 0.0874. The largest absolute Gasteiger partial charge is 0.396 e. The van der Waals surface area contributed by atoms with Crippen LogP contribution in [0.15, 0.2) is 0 Å². The highest BCUT2D eigenvalue weighted by molar-refractivity contribution is 5.73. The first-order chi connectivity index (χ1) is 8.94. The molecule has 1 saturated heterocycles. The first kappa shape index (κ1) is 16.2. The van der Waals surface area contributed by atoms with Crippen LogP contribution >= 0.6 is 0 Å². The summed E-state index contributed by atoms with van der Waals surface area (Å²) in [4.78, 5) is 13.5. The molecule has 112 valence electrons. The highest BCUT2D eigenvalue weighted by atomic mass is 16.5. The van der Waals surface area contributed by atoms with Crippen LogP contribution in [0.5, 0.6) is 0 Å². The molecule has 1 fully saturated rings. The van der Waals surface area contributed by atoms with Crippen molar-refractivity contribution < 1.29 is 14.6 Å². The van der Waals surface area contributed by atoms with Gasteiger partial charge in [0.1, 0.15) is 0 Å². The van der Waals surface area contributed by atoms with Crippen LogP contribution in [0.4, 0.5) is 4.79 Å². The fourth-order valence-electron chi connectivity index (χ4n) is 2.15. The summed E-state index contributed by atoms with van der Waals surface area (Å²) in [6, 6.07) is -0.0442. The molecule has 0 aliphatic carbocycles. The minimum absolute atomic E-state index is 0.0442. The number of hydrogen-bond donors (Lipinski definition) is 2. The molecule has 0 aromatic heterocycles. The summed E-state index contributed by atoms with van der Waals surface area (Å²) in [6.07, 6.45) is 4.12. The average Bonchev–Trinajstić information content (AvgIpc) is 2.87. The van der Waals surface area contributed by atoms with Crippen LogP contribution in [-0.4, -0.2) is 55.5 Å². The Labute approximate surface area is 116 Å². The molecule has 1 aliphatic rings. The summed E-state index contributed by atoms with van der Waals surface area (Å²) < 4.78 is 5.51. The standard InChI is InChI=1S/C14H28N2O3/c1-14(2,11-17)7-5-8-15-13(18)16(3)10-12-6-4-9-19-12/h12,17H,4-11H2,1-3H3,(H,15,18). The summed E-state index contributed by atoms with van der Waals surface area (Å²) in [6.45, 7) is 6.36. The summed E-state index contributed by atoms with van der Waals surface area (Å²) in [5.74, 6) is 0. The minimum Gasteiger partial charge on any atom is -0.396 e. The second kappa shape index (κ2) is 7.70. The van der Waals surface area contributed by atoms with Crippen molar-refractivity contribution in [2.75, 3.05) is 33.4 Å². The molecule has 0 saturated carbocycles. The van der Waals surface area contributed by atoms with Gasteiger partial charge < -0.3 is 20.1 Å². The van der Waals surface area contributed by atoms with E-state index in [4.69, 9.17) is 9.84 Å². The molecular weight excluding hydrogens is 244 g/mol. The highest BCUT2D eigenvalue weighted by Gasteiger charge is 2.20. The lowest BCUT2D eigenvalue weighted by Gasteiger charge is -2.23. The lowest BCUT2D eigenvalue weighted by atomic mass is 9.89. The molecule has 1 aliphatic heterocycles. The maximum atomic E-state index is 11.8. The molecule has 0 aromatic carbocycles. The SMILES string of the molecule is CN(CC1CCCO1)C(=O)NCCCC(C)(C)CO. The molecule has 2 N–H and O–H groups in total. The topological polar surface area (TPSA) is 61.8 Å². The van der Waals surface area contributed by atoms with E-state index in [9.17, 15) is 4.79 Å². The quantitative estimate of drug-likeness (QED) is 0.692. The van der Waals surface area contributed by atoms with Crippen LogP contribution in [0, 0.1) is 5.41 Å². The van der Waals surface area contributed by atoms with E-state index in [2.05, 4.69) is 5.32 Å². The first-order valence-corrected chi connectivity index (χ1v) is 7.16. The van der Waals surface area contributed by atoms with Gasteiger partial charge in [0, 0.05) is 33.4 Å². The number of likely N-dealkylation sites (N-methyl/N-ethyl adjacent to an activating group) is 1. The molecule has 0 aromatic rings. The van der Waals surface area contributed by atoms with Crippen LogP contribution in [0.3, 0.4) is 0 Å². The maximum Gasteiger partial charge on any atom is 0.317 e. The van der Waals surface area contributed by atoms with Gasteiger partial charge in [0.05, 0.1) is 6.10 Å². The summed E-state index contributed by atoms with van der Waals surface area (Å²) in [5.41, 5.74) is -0.0612. The van der Waals surface area contributed by atoms with E-state index in [1.807, 2.05) is 13.8 Å². The van der Waals surface area contributed by atoms with Crippen molar-refractivity contribution in [2.24, 2.45) is 5.41 Å². The molecule has 5 nitrogen and oxygen atoms in total. The Morgan fingerprint density at radius 1 is 1.53 bits per heavy atom. The third-order valence-electron chi connectivity index (χ3n) is 3.58. The summed E-state index contributed by atoms with van der Waals surface area (Å²) in [5, 5.41) is 12.0. The molecular formula is C14H28N2O3. The Morgan fingerprint density at radius 2 is 2.26 bits per heavy atom. The molecule has 1 heterocycles. The molecule has 19 heavy (non-hydrogen) atoms. The number of amides is 2. The fourth-order valence-corrected chi connectivity index (χ4v) is 2.15. The first-order valence-electron chi connectivity index (χ1n) is 7.16. The fraction of sp³-hybridized carbons (Fsp3) is 0.929. The number of carbonyl (C=O) groups is 1. The third-order valence-corrected chi connectivity index (χ3v) is 3.58. The van der Waals surface area contributed by atoms with Crippen molar-refractivity contribution in [3.63, 3.8) is 0 Å². The molecule has 1 atom stereocenters. The van der Waals surface area contributed by atoms with Gasteiger partial charge in [-0.15, -0.1) is 0 Å². The number of hydrogen-bond acceptors (Lipinski definition) is 3. The Bertz CT molecular complexity index is 276. The Balaban J connectivity index is 2.12. The molecule has 0 radical (unpaired) electrons.